The highest BCUT2D eigenvalue weighted by atomic mass is 19.1. The third kappa shape index (κ3) is 3.67. The Kier molecular flexibility index (Phi) is 4.94. The van der Waals surface area contributed by atoms with Crippen LogP contribution in [0.5, 0.6) is 0 Å². The molecule has 0 bridgehead atoms. The minimum atomic E-state index is -0.981. The van der Waals surface area contributed by atoms with E-state index < -0.39 is 28.9 Å². The molecule has 0 aliphatic heterocycles. The second-order valence-electron chi connectivity index (χ2n) is 5.89. The molecule has 2 N–H and O–H groups in total. The van der Waals surface area contributed by atoms with E-state index in [0.29, 0.717) is 11.3 Å². The Labute approximate surface area is 153 Å². The lowest BCUT2D eigenvalue weighted by Gasteiger charge is -2.08. The molecule has 27 heavy (non-hydrogen) atoms. The Morgan fingerprint density at radius 2 is 2.00 bits per heavy atom. The summed E-state index contributed by atoms with van der Waals surface area (Å²) in [6.45, 7) is 5.18. The van der Waals surface area contributed by atoms with Crippen molar-refractivity contribution in [1.29, 1.82) is 0 Å². The van der Waals surface area contributed by atoms with Crippen LogP contribution in [0.1, 0.15) is 38.9 Å². The predicted molar refractivity (Wildman–Crippen MR) is 97.5 cm³/mol. The molecule has 1 amide bonds. The van der Waals surface area contributed by atoms with Crippen LogP contribution in [-0.4, -0.2) is 21.7 Å². The summed E-state index contributed by atoms with van der Waals surface area (Å²) in [6, 6.07) is 6.78. The number of amides is 1. The predicted octanol–water partition coefficient (Wildman–Crippen LogP) is 4.20. The first kappa shape index (κ1) is 18.2. The number of allylic oxidation sites excluding steroid dienone is 1. The number of carbonyl (C=O) groups excluding carboxylic acids is 2. The second-order valence-corrected chi connectivity index (χ2v) is 5.89. The average Bonchev–Trinajstić information content (AvgIpc) is 3.12. The van der Waals surface area contributed by atoms with Crippen molar-refractivity contribution in [1.82, 2.24) is 9.97 Å². The highest BCUT2D eigenvalue weighted by Crippen LogP contribution is 2.24. The van der Waals surface area contributed by atoms with Crippen LogP contribution >= 0.6 is 0 Å². The van der Waals surface area contributed by atoms with Crippen LogP contribution < -0.4 is 5.32 Å². The molecule has 0 aliphatic rings. The Morgan fingerprint density at radius 3 is 2.67 bits per heavy atom. The number of carbonyl (C=O) groups is 2. The van der Waals surface area contributed by atoms with E-state index in [-0.39, 0.29) is 16.8 Å². The Morgan fingerprint density at radius 1 is 1.22 bits per heavy atom. The number of ketones is 1. The molecule has 0 fully saturated rings. The van der Waals surface area contributed by atoms with Gasteiger partial charge in [0.1, 0.15) is 17.3 Å². The fourth-order valence-corrected chi connectivity index (χ4v) is 2.53. The number of anilines is 1. The van der Waals surface area contributed by atoms with Gasteiger partial charge in [-0.05, 0) is 42.8 Å². The van der Waals surface area contributed by atoms with Gasteiger partial charge in [-0.3, -0.25) is 14.6 Å². The molecular weight excluding hydrogens is 352 g/mol. The lowest BCUT2D eigenvalue weighted by atomic mass is 9.98. The molecule has 0 spiro atoms. The quantitative estimate of drug-likeness (QED) is 0.664. The molecule has 0 atom stereocenters. The number of halogens is 2. The zero-order valence-corrected chi connectivity index (χ0v) is 14.3. The fourth-order valence-electron chi connectivity index (χ4n) is 2.53. The normalized spacial score (nSPS) is 10.5. The Balaban J connectivity index is 1.89. The van der Waals surface area contributed by atoms with Crippen molar-refractivity contribution in [2.75, 3.05) is 5.32 Å². The monoisotopic (exact) mass is 367 g/mol. The zero-order chi connectivity index (χ0) is 19.6. The minimum absolute atomic E-state index is 0.0389. The van der Waals surface area contributed by atoms with E-state index >= 15 is 0 Å². The van der Waals surface area contributed by atoms with E-state index in [1.54, 1.807) is 25.3 Å². The van der Waals surface area contributed by atoms with Crippen LogP contribution in [0.15, 0.2) is 55.5 Å². The molecule has 0 saturated heterocycles. The van der Waals surface area contributed by atoms with Gasteiger partial charge in [-0.15, -0.1) is 0 Å². The zero-order valence-electron chi connectivity index (χ0n) is 14.3. The summed E-state index contributed by atoms with van der Waals surface area (Å²) in [6.07, 6.45) is 4.25. The van der Waals surface area contributed by atoms with Crippen LogP contribution in [0, 0.1) is 11.6 Å². The first-order valence-corrected chi connectivity index (χ1v) is 7.97. The molecule has 0 aliphatic carbocycles. The number of aromatic amines is 1. The van der Waals surface area contributed by atoms with E-state index in [1.165, 1.54) is 24.5 Å². The standard InChI is InChI=1S/C20H15F2N3O2/c1-11(2)14-5-6-15(21)17(18(14)22)19(26)12-8-16(24-9-12)20(27)25-13-4-3-7-23-10-13/h3-10,24H,1H2,2H3,(H,25,27). The van der Waals surface area contributed by atoms with Gasteiger partial charge in [-0.25, -0.2) is 8.78 Å². The first-order valence-electron chi connectivity index (χ1n) is 7.97. The summed E-state index contributed by atoms with van der Waals surface area (Å²) in [4.78, 5) is 31.3. The number of rotatable bonds is 5. The largest absolute Gasteiger partial charge is 0.356 e. The van der Waals surface area contributed by atoms with Gasteiger partial charge in [-0.1, -0.05) is 6.58 Å². The number of pyridine rings is 1. The first-order chi connectivity index (χ1) is 12.9. The third-order valence-corrected chi connectivity index (χ3v) is 3.89. The van der Waals surface area contributed by atoms with Gasteiger partial charge in [-0.2, -0.15) is 0 Å². The van der Waals surface area contributed by atoms with Crippen molar-refractivity contribution in [3.05, 3.63) is 89.5 Å². The van der Waals surface area contributed by atoms with E-state index in [2.05, 4.69) is 21.9 Å². The smallest absolute Gasteiger partial charge is 0.272 e. The van der Waals surface area contributed by atoms with Crippen LogP contribution in [-0.2, 0) is 0 Å². The lowest BCUT2D eigenvalue weighted by molar-refractivity contribution is 0.102. The molecule has 0 unspecified atom stereocenters. The lowest BCUT2D eigenvalue weighted by Crippen LogP contribution is -2.12. The number of benzene rings is 1. The Bertz CT molecular complexity index is 1040. The van der Waals surface area contributed by atoms with Crippen molar-refractivity contribution in [2.45, 2.75) is 6.92 Å². The van der Waals surface area contributed by atoms with Crippen molar-refractivity contribution < 1.29 is 18.4 Å². The van der Waals surface area contributed by atoms with Gasteiger partial charge in [0.25, 0.3) is 5.91 Å². The van der Waals surface area contributed by atoms with Gasteiger partial charge in [0.15, 0.2) is 0 Å². The molecule has 3 aromatic rings. The Hall–Kier alpha value is -3.61. The maximum Gasteiger partial charge on any atom is 0.272 e. The summed E-state index contributed by atoms with van der Waals surface area (Å²) in [5, 5.41) is 2.59. The van der Waals surface area contributed by atoms with Gasteiger partial charge in [0, 0.05) is 23.5 Å². The molecular formula is C20H15F2N3O2. The molecule has 136 valence electrons. The molecule has 0 radical (unpaired) electrons. The summed E-state index contributed by atoms with van der Waals surface area (Å²) in [7, 11) is 0. The second kappa shape index (κ2) is 7.33. The molecule has 0 saturated carbocycles. The SMILES string of the molecule is C=C(C)c1ccc(F)c(C(=O)c2c[nH]c(C(=O)Nc3cccnc3)c2)c1F. The highest BCUT2D eigenvalue weighted by Gasteiger charge is 2.23. The van der Waals surface area contributed by atoms with E-state index in [9.17, 15) is 18.4 Å². The molecule has 5 nitrogen and oxygen atoms in total. The van der Waals surface area contributed by atoms with Gasteiger partial charge in [0.05, 0.1) is 17.4 Å². The third-order valence-electron chi connectivity index (χ3n) is 3.89. The van der Waals surface area contributed by atoms with E-state index in [1.807, 2.05) is 0 Å². The number of H-pyrrole nitrogens is 1. The number of nitrogens with zero attached hydrogens (tertiary/aromatic N) is 1. The average molecular weight is 367 g/mol. The van der Waals surface area contributed by atoms with Crippen molar-refractivity contribution in [3.8, 4) is 0 Å². The van der Waals surface area contributed by atoms with E-state index in [0.717, 1.165) is 6.07 Å². The topological polar surface area (TPSA) is 74.8 Å². The van der Waals surface area contributed by atoms with Gasteiger partial charge >= 0.3 is 0 Å². The minimum Gasteiger partial charge on any atom is -0.356 e. The maximum atomic E-state index is 14.6. The van der Waals surface area contributed by atoms with Crippen molar-refractivity contribution in [3.63, 3.8) is 0 Å². The van der Waals surface area contributed by atoms with Crippen LogP contribution in [0.2, 0.25) is 0 Å². The number of hydrogen-bond donors (Lipinski definition) is 2. The molecule has 1 aromatic carbocycles. The molecule has 3 rings (SSSR count). The molecule has 2 heterocycles. The van der Waals surface area contributed by atoms with Gasteiger partial charge < -0.3 is 10.3 Å². The van der Waals surface area contributed by atoms with Gasteiger partial charge in [0.2, 0.25) is 5.78 Å². The fraction of sp³-hybridized carbons (Fsp3) is 0.0500. The highest BCUT2D eigenvalue weighted by molar-refractivity contribution is 6.12. The van der Waals surface area contributed by atoms with Crippen LogP contribution in [0.4, 0.5) is 14.5 Å². The summed E-state index contributed by atoms with van der Waals surface area (Å²) >= 11 is 0. The summed E-state index contributed by atoms with van der Waals surface area (Å²) < 4.78 is 28.7. The van der Waals surface area contributed by atoms with Crippen molar-refractivity contribution >= 4 is 23.0 Å². The summed E-state index contributed by atoms with van der Waals surface area (Å²) in [5.74, 6) is -3.34. The van der Waals surface area contributed by atoms with Crippen LogP contribution in [0.3, 0.4) is 0 Å². The molecule has 2 aromatic heterocycles. The molecule has 7 heteroatoms. The van der Waals surface area contributed by atoms with Crippen LogP contribution in [0.25, 0.3) is 5.57 Å². The number of nitrogens with one attached hydrogen (secondary N) is 2. The van der Waals surface area contributed by atoms with E-state index in [4.69, 9.17) is 0 Å². The summed E-state index contributed by atoms with van der Waals surface area (Å²) in [5.41, 5.74) is 0.240. The number of hydrogen-bond acceptors (Lipinski definition) is 3. The maximum absolute atomic E-state index is 14.6. The number of aromatic nitrogens is 2. The van der Waals surface area contributed by atoms with Crippen molar-refractivity contribution in [2.24, 2.45) is 0 Å².